The number of carboxylic acids is 1. The Morgan fingerprint density at radius 1 is 1.62 bits per heavy atom. The molecule has 1 heterocycles. The maximum absolute atomic E-state index is 11.3. The highest BCUT2D eigenvalue weighted by molar-refractivity contribution is 14.1. The lowest BCUT2D eigenvalue weighted by molar-refractivity contribution is 0.0695. The average Bonchev–Trinajstić information content (AvgIpc) is 2.57. The van der Waals surface area contributed by atoms with Crippen LogP contribution in [0.2, 0.25) is 0 Å². The minimum Gasteiger partial charge on any atom is -0.478 e. The first-order valence-electron chi connectivity index (χ1n) is 4.52. The zero-order valence-corrected chi connectivity index (χ0v) is 11.5. The largest absolute Gasteiger partial charge is 0.478 e. The Bertz CT molecular complexity index is 494. The molecule has 0 unspecified atom stereocenters. The highest BCUT2D eigenvalue weighted by Gasteiger charge is 2.15. The van der Waals surface area contributed by atoms with Crippen LogP contribution in [-0.4, -0.2) is 40.8 Å². The van der Waals surface area contributed by atoms with Gasteiger partial charge in [0.25, 0.3) is 0 Å². The van der Waals surface area contributed by atoms with Crippen LogP contribution in [0, 0.1) is 3.70 Å². The smallest absolute Gasteiger partial charge is 0.340 e. The van der Waals surface area contributed by atoms with Crippen molar-refractivity contribution in [1.82, 2.24) is 9.78 Å². The summed E-state index contributed by atoms with van der Waals surface area (Å²) in [5, 5.41) is 12.6. The second-order valence-electron chi connectivity index (χ2n) is 3.11. The van der Waals surface area contributed by atoms with Crippen molar-refractivity contribution in [1.29, 1.82) is 0 Å². The summed E-state index contributed by atoms with van der Waals surface area (Å²) in [6.07, 6.45) is 1.22. The number of aryl methyl sites for hydroxylation is 1. The van der Waals surface area contributed by atoms with Gasteiger partial charge >= 0.3 is 5.97 Å². The van der Waals surface area contributed by atoms with Gasteiger partial charge in [0.05, 0.1) is 18.5 Å². The summed E-state index contributed by atoms with van der Waals surface area (Å²) in [4.78, 5) is 10.7. The molecule has 90 valence electrons. The van der Waals surface area contributed by atoms with Crippen LogP contribution < -0.4 is 0 Å². The molecule has 0 bridgehead atoms. The summed E-state index contributed by atoms with van der Waals surface area (Å²) in [5.74, 6) is -1.01. The predicted molar refractivity (Wildman–Crippen MR) is 66.2 cm³/mol. The molecule has 0 saturated heterocycles. The molecule has 0 fully saturated rings. The van der Waals surface area contributed by atoms with Gasteiger partial charge in [0.1, 0.15) is 9.26 Å². The molecule has 8 heteroatoms. The van der Waals surface area contributed by atoms with Crippen molar-refractivity contribution in [2.75, 3.05) is 11.5 Å². The molecule has 1 rings (SSSR count). The molecule has 0 saturated carbocycles. The Balaban J connectivity index is 2.80. The minimum atomic E-state index is -3.06. The molecule has 16 heavy (non-hydrogen) atoms. The number of hydrogen-bond donors (Lipinski definition) is 1. The van der Waals surface area contributed by atoms with Crippen LogP contribution in [0.25, 0.3) is 0 Å². The second kappa shape index (κ2) is 5.13. The van der Waals surface area contributed by atoms with Crippen LogP contribution in [0.4, 0.5) is 0 Å². The number of carbonyl (C=O) groups is 1. The van der Waals surface area contributed by atoms with Crippen LogP contribution in [0.5, 0.6) is 0 Å². The fourth-order valence-electron chi connectivity index (χ4n) is 1.04. The fourth-order valence-corrected chi connectivity index (χ4v) is 2.52. The lowest BCUT2D eigenvalue weighted by Crippen LogP contribution is -2.16. The van der Waals surface area contributed by atoms with Gasteiger partial charge in [0.15, 0.2) is 9.84 Å². The Labute approximate surface area is 107 Å². The molecule has 1 N–H and O–H groups in total. The topological polar surface area (TPSA) is 89.3 Å². The Hall–Kier alpha value is -0.640. The van der Waals surface area contributed by atoms with Crippen LogP contribution in [0.3, 0.4) is 0 Å². The van der Waals surface area contributed by atoms with E-state index in [1.807, 2.05) is 22.6 Å². The zero-order chi connectivity index (χ0) is 12.3. The summed E-state index contributed by atoms with van der Waals surface area (Å²) in [7, 11) is -3.06. The summed E-state index contributed by atoms with van der Waals surface area (Å²) in [5.41, 5.74) is 0.0921. The van der Waals surface area contributed by atoms with Gasteiger partial charge in [-0.3, -0.25) is 4.68 Å². The Morgan fingerprint density at radius 2 is 2.25 bits per heavy atom. The maximum Gasteiger partial charge on any atom is 0.340 e. The van der Waals surface area contributed by atoms with Crippen molar-refractivity contribution < 1.29 is 18.3 Å². The normalized spacial score (nSPS) is 11.6. The van der Waals surface area contributed by atoms with E-state index in [0.29, 0.717) is 3.70 Å². The average molecular weight is 358 g/mol. The van der Waals surface area contributed by atoms with Crippen molar-refractivity contribution in [3.63, 3.8) is 0 Å². The number of aromatic nitrogens is 2. The minimum absolute atomic E-state index is 0.0275. The van der Waals surface area contributed by atoms with E-state index < -0.39 is 15.8 Å². The predicted octanol–water partition coefficient (Wildman–Crippen LogP) is 0.621. The van der Waals surface area contributed by atoms with E-state index >= 15 is 0 Å². The highest BCUT2D eigenvalue weighted by Crippen LogP contribution is 2.11. The SMILES string of the molecule is CCS(=O)(=O)CCn1ncc(C(=O)O)c1I. The monoisotopic (exact) mass is 358 g/mol. The molecule has 6 nitrogen and oxygen atoms in total. The highest BCUT2D eigenvalue weighted by atomic mass is 127. The van der Waals surface area contributed by atoms with Crippen LogP contribution in [0.15, 0.2) is 6.20 Å². The van der Waals surface area contributed by atoms with Crippen LogP contribution >= 0.6 is 22.6 Å². The Kier molecular flexibility index (Phi) is 4.30. The van der Waals surface area contributed by atoms with Gasteiger partial charge in [-0.1, -0.05) is 6.92 Å². The number of rotatable bonds is 5. The molecule has 0 spiro atoms. The first kappa shape index (κ1) is 13.4. The van der Waals surface area contributed by atoms with E-state index in [1.165, 1.54) is 10.9 Å². The van der Waals surface area contributed by atoms with E-state index in [4.69, 9.17) is 5.11 Å². The van der Waals surface area contributed by atoms with Gasteiger partial charge in [0.2, 0.25) is 0 Å². The van der Waals surface area contributed by atoms with Gasteiger partial charge in [-0.15, -0.1) is 0 Å². The zero-order valence-electron chi connectivity index (χ0n) is 8.55. The second-order valence-corrected chi connectivity index (χ2v) is 6.61. The van der Waals surface area contributed by atoms with Gasteiger partial charge in [-0.05, 0) is 22.6 Å². The number of aromatic carboxylic acids is 1. The third kappa shape index (κ3) is 3.17. The molecule has 0 aromatic carbocycles. The quantitative estimate of drug-likeness (QED) is 0.780. The molecule has 0 aliphatic carbocycles. The molecule has 0 radical (unpaired) electrons. The molecule has 0 amide bonds. The van der Waals surface area contributed by atoms with Crippen molar-refractivity contribution >= 4 is 38.4 Å². The summed E-state index contributed by atoms with van der Waals surface area (Å²) in [6.45, 7) is 1.76. The van der Waals surface area contributed by atoms with E-state index in [2.05, 4.69) is 5.10 Å². The Morgan fingerprint density at radius 3 is 2.69 bits per heavy atom. The number of nitrogens with zero attached hydrogens (tertiary/aromatic N) is 2. The van der Waals surface area contributed by atoms with E-state index in [1.54, 1.807) is 6.92 Å². The third-order valence-electron chi connectivity index (χ3n) is 2.06. The summed E-state index contributed by atoms with van der Waals surface area (Å²) in [6, 6.07) is 0. The fraction of sp³-hybridized carbons (Fsp3) is 0.500. The number of sulfone groups is 1. The number of carboxylic acid groups (broad SMARTS) is 1. The van der Waals surface area contributed by atoms with Crippen molar-refractivity contribution in [2.24, 2.45) is 0 Å². The van der Waals surface area contributed by atoms with Crippen LogP contribution in [-0.2, 0) is 16.4 Å². The third-order valence-corrected chi connectivity index (χ3v) is 4.88. The van der Waals surface area contributed by atoms with E-state index in [9.17, 15) is 13.2 Å². The van der Waals surface area contributed by atoms with Crippen LogP contribution in [0.1, 0.15) is 17.3 Å². The molecule has 1 aromatic heterocycles. The van der Waals surface area contributed by atoms with Crippen molar-refractivity contribution in [3.05, 3.63) is 15.5 Å². The van der Waals surface area contributed by atoms with E-state index in [-0.39, 0.29) is 23.6 Å². The van der Waals surface area contributed by atoms with Gasteiger partial charge in [0, 0.05) is 5.75 Å². The van der Waals surface area contributed by atoms with E-state index in [0.717, 1.165) is 0 Å². The van der Waals surface area contributed by atoms with Crippen molar-refractivity contribution in [2.45, 2.75) is 13.5 Å². The summed E-state index contributed by atoms with van der Waals surface area (Å²) < 4.78 is 24.4. The van der Waals surface area contributed by atoms with Gasteiger partial charge < -0.3 is 5.11 Å². The lowest BCUT2D eigenvalue weighted by atomic mass is 10.4. The molecule has 0 atom stereocenters. The van der Waals surface area contributed by atoms with Crippen molar-refractivity contribution in [3.8, 4) is 0 Å². The first-order valence-corrected chi connectivity index (χ1v) is 7.42. The molecule has 0 aliphatic heterocycles. The maximum atomic E-state index is 11.3. The number of halogens is 1. The molecule has 1 aromatic rings. The molecular weight excluding hydrogens is 347 g/mol. The standard InChI is InChI=1S/C8H11IN2O4S/c1-2-16(14,15)4-3-11-7(9)6(5-10-11)8(12)13/h5H,2-4H2,1H3,(H,12,13). The lowest BCUT2D eigenvalue weighted by Gasteiger charge is -2.03. The molecular formula is C8H11IN2O4S. The first-order chi connectivity index (χ1) is 7.37. The number of hydrogen-bond acceptors (Lipinski definition) is 4. The molecule has 0 aliphatic rings. The van der Waals surface area contributed by atoms with Gasteiger partial charge in [-0.25, -0.2) is 13.2 Å². The van der Waals surface area contributed by atoms with Gasteiger partial charge in [-0.2, -0.15) is 5.10 Å². The summed E-state index contributed by atoms with van der Waals surface area (Å²) >= 11 is 1.84.